The van der Waals surface area contributed by atoms with Crippen molar-refractivity contribution in [1.29, 1.82) is 0 Å². The van der Waals surface area contributed by atoms with E-state index < -0.39 is 0 Å². The van der Waals surface area contributed by atoms with Crippen LogP contribution in [-0.4, -0.2) is 28.9 Å². The Labute approximate surface area is 108 Å². The topological polar surface area (TPSA) is 53.2 Å². The lowest BCUT2D eigenvalue weighted by molar-refractivity contribution is 0.0791. The number of hydrogen-bond donors (Lipinski definition) is 1. The third-order valence-corrected chi connectivity index (χ3v) is 3.75. The third kappa shape index (κ3) is 2.44. The molecule has 0 atom stereocenters. The summed E-state index contributed by atoms with van der Waals surface area (Å²) in [5.74, 6) is -0.160. The number of pyridine rings is 1. The minimum Gasteiger partial charge on any atom is -0.338 e. The quantitative estimate of drug-likeness (QED) is 0.907. The van der Waals surface area contributed by atoms with Crippen LogP contribution in [0.25, 0.3) is 0 Å². The first-order valence-corrected chi connectivity index (χ1v) is 6.63. The number of H-pyrrole nitrogens is 1. The number of carbonyl (C=O) groups excluding carboxylic acids is 1. The van der Waals surface area contributed by atoms with Gasteiger partial charge < -0.3 is 9.88 Å². The fourth-order valence-corrected chi connectivity index (χ4v) is 2.66. The average molecular weight is 299 g/mol. The monoisotopic (exact) mass is 298 g/mol. The predicted octanol–water partition coefficient (Wildman–Crippen LogP) is 1.94. The van der Waals surface area contributed by atoms with Crippen molar-refractivity contribution in [3.8, 4) is 0 Å². The maximum atomic E-state index is 12.1. The summed E-state index contributed by atoms with van der Waals surface area (Å²) < 4.78 is 0.794. The van der Waals surface area contributed by atoms with Crippen LogP contribution < -0.4 is 5.56 Å². The normalized spacial score (nSPS) is 15.3. The molecule has 0 spiro atoms. The van der Waals surface area contributed by atoms with Crippen molar-refractivity contribution in [3.05, 3.63) is 32.2 Å². The van der Waals surface area contributed by atoms with Crippen molar-refractivity contribution in [1.82, 2.24) is 9.88 Å². The van der Waals surface area contributed by atoms with E-state index in [1.165, 1.54) is 0 Å². The molecule has 0 unspecified atom stereocenters. The van der Waals surface area contributed by atoms with E-state index in [9.17, 15) is 9.59 Å². The molecule has 1 aromatic heterocycles. The van der Waals surface area contributed by atoms with Gasteiger partial charge in [-0.15, -0.1) is 0 Å². The fourth-order valence-electron chi connectivity index (χ4n) is 2.05. The first kappa shape index (κ1) is 12.4. The highest BCUT2D eigenvalue weighted by Crippen LogP contribution is 2.17. The molecule has 1 amide bonds. The van der Waals surface area contributed by atoms with Crippen LogP contribution in [0.2, 0.25) is 0 Å². The van der Waals surface area contributed by atoms with Crippen LogP contribution in [0.3, 0.4) is 0 Å². The molecule has 2 heterocycles. The van der Waals surface area contributed by atoms with Gasteiger partial charge in [0, 0.05) is 23.3 Å². The largest absolute Gasteiger partial charge is 0.338 e. The molecule has 92 valence electrons. The molecule has 0 radical (unpaired) electrons. The Hall–Kier alpha value is -1.10. The Bertz CT molecular complexity index is 490. The Balaban J connectivity index is 2.35. The summed E-state index contributed by atoms with van der Waals surface area (Å²) in [6, 6.07) is 1.64. The predicted molar refractivity (Wildman–Crippen MR) is 69.3 cm³/mol. The number of rotatable bonds is 2. The molecule has 1 saturated heterocycles. The Morgan fingerprint density at radius 3 is 2.71 bits per heavy atom. The highest BCUT2D eigenvalue weighted by Gasteiger charge is 2.22. The van der Waals surface area contributed by atoms with Crippen molar-refractivity contribution in [2.24, 2.45) is 0 Å². The lowest BCUT2D eigenvalue weighted by Gasteiger charge is -2.15. The zero-order valence-electron chi connectivity index (χ0n) is 9.75. The lowest BCUT2D eigenvalue weighted by atomic mass is 10.2. The van der Waals surface area contributed by atoms with Gasteiger partial charge in [0.2, 0.25) is 0 Å². The van der Waals surface area contributed by atoms with Crippen molar-refractivity contribution in [2.45, 2.75) is 26.2 Å². The molecule has 1 fully saturated rings. The zero-order valence-corrected chi connectivity index (χ0v) is 11.3. The summed E-state index contributed by atoms with van der Waals surface area (Å²) in [6.45, 7) is 3.47. The Morgan fingerprint density at radius 2 is 2.12 bits per heavy atom. The summed E-state index contributed by atoms with van der Waals surface area (Å²) in [5.41, 5.74) is 0.769. The molecule has 1 aliphatic rings. The molecular formula is C12H15BrN2O2. The molecular weight excluding hydrogens is 284 g/mol. The summed E-state index contributed by atoms with van der Waals surface area (Å²) in [7, 11) is 0. The summed E-state index contributed by atoms with van der Waals surface area (Å²) in [4.78, 5) is 28.4. The molecule has 17 heavy (non-hydrogen) atoms. The van der Waals surface area contributed by atoms with Gasteiger partial charge >= 0.3 is 0 Å². The number of aromatic amines is 1. The van der Waals surface area contributed by atoms with Crippen LogP contribution in [0, 0.1) is 0 Å². The molecule has 1 N–H and O–H groups in total. The van der Waals surface area contributed by atoms with E-state index in [1.54, 1.807) is 11.0 Å². The molecule has 5 heteroatoms. The van der Waals surface area contributed by atoms with Crippen LogP contribution in [-0.2, 0) is 6.42 Å². The minimum absolute atomic E-state index is 0.160. The molecule has 0 bridgehead atoms. The third-order valence-electron chi connectivity index (χ3n) is 3.05. The first-order valence-electron chi connectivity index (χ1n) is 5.84. The van der Waals surface area contributed by atoms with Gasteiger partial charge in [-0.05, 0) is 41.3 Å². The number of aryl methyl sites for hydroxylation is 1. The van der Waals surface area contributed by atoms with Crippen LogP contribution in [0.5, 0.6) is 0 Å². The number of hydrogen-bond acceptors (Lipinski definition) is 2. The maximum absolute atomic E-state index is 12.1. The van der Waals surface area contributed by atoms with Gasteiger partial charge in [-0.25, -0.2) is 0 Å². The Morgan fingerprint density at radius 1 is 1.47 bits per heavy atom. The highest BCUT2D eigenvalue weighted by atomic mass is 79.9. The molecule has 0 aromatic carbocycles. The number of amides is 1. The summed E-state index contributed by atoms with van der Waals surface area (Å²) in [5, 5.41) is 0. The highest BCUT2D eigenvalue weighted by molar-refractivity contribution is 9.10. The van der Waals surface area contributed by atoms with Gasteiger partial charge in [-0.3, -0.25) is 9.59 Å². The van der Waals surface area contributed by atoms with E-state index in [4.69, 9.17) is 0 Å². The number of nitrogens with one attached hydrogen (secondary N) is 1. The van der Waals surface area contributed by atoms with E-state index in [0.717, 1.165) is 42.5 Å². The molecule has 1 aliphatic heterocycles. The van der Waals surface area contributed by atoms with Crippen molar-refractivity contribution in [3.63, 3.8) is 0 Å². The lowest BCUT2D eigenvalue weighted by Crippen LogP contribution is -2.32. The number of likely N-dealkylation sites (tertiary alicyclic amines) is 1. The van der Waals surface area contributed by atoms with Crippen molar-refractivity contribution >= 4 is 21.8 Å². The maximum Gasteiger partial charge on any atom is 0.261 e. The SMILES string of the molecule is CCc1[nH]c(=O)c(C(=O)N2CCCC2)cc1Br. The van der Waals surface area contributed by atoms with Crippen LogP contribution >= 0.6 is 15.9 Å². The molecule has 1 aromatic rings. The average Bonchev–Trinajstić information content (AvgIpc) is 2.84. The fraction of sp³-hybridized carbons (Fsp3) is 0.500. The molecule has 0 saturated carbocycles. The van der Waals surface area contributed by atoms with Gasteiger partial charge in [0.15, 0.2) is 0 Å². The van der Waals surface area contributed by atoms with E-state index in [2.05, 4.69) is 20.9 Å². The number of aromatic nitrogens is 1. The first-order chi connectivity index (χ1) is 8.13. The second kappa shape index (κ2) is 5.04. The van der Waals surface area contributed by atoms with Crippen molar-refractivity contribution in [2.75, 3.05) is 13.1 Å². The minimum atomic E-state index is -0.290. The van der Waals surface area contributed by atoms with Crippen LogP contribution in [0.4, 0.5) is 0 Å². The van der Waals surface area contributed by atoms with Crippen LogP contribution in [0.1, 0.15) is 35.8 Å². The smallest absolute Gasteiger partial charge is 0.261 e. The van der Waals surface area contributed by atoms with Gasteiger partial charge in [-0.1, -0.05) is 6.92 Å². The summed E-state index contributed by atoms with van der Waals surface area (Å²) >= 11 is 3.38. The number of carbonyl (C=O) groups is 1. The van der Waals surface area contributed by atoms with E-state index in [0.29, 0.717) is 0 Å². The second-order valence-electron chi connectivity index (χ2n) is 4.19. The second-order valence-corrected chi connectivity index (χ2v) is 5.05. The van der Waals surface area contributed by atoms with Gasteiger partial charge in [0.1, 0.15) is 5.56 Å². The van der Waals surface area contributed by atoms with E-state index in [-0.39, 0.29) is 17.0 Å². The molecule has 2 rings (SSSR count). The number of halogens is 1. The van der Waals surface area contributed by atoms with E-state index in [1.807, 2.05) is 6.92 Å². The molecule has 0 aliphatic carbocycles. The zero-order chi connectivity index (χ0) is 12.4. The standard InChI is InChI=1S/C12H15BrN2O2/c1-2-10-9(13)7-8(11(16)14-10)12(17)15-5-3-4-6-15/h7H,2-6H2,1H3,(H,14,16). The van der Waals surface area contributed by atoms with Gasteiger partial charge in [0.05, 0.1) is 0 Å². The summed E-state index contributed by atoms with van der Waals surface area (Å²) in [6.07, 6.45) is 2.78. The Kier molecular flexibility index (Phi) is 3.66. The van der Waals surface area contributed by atoms with E-state index >= 15 is 0 Å². The van der Waals surface area contributed by atoms with Gasteiger partial charge in [-0.2, -0.15) is 0 Å². The van der Waals surface area contributed by atoms with Crippen molar-refractivity contribution < 1.29 is 4.79 Å². The molecule has 4 nitrogen and oxygen atoms in total. The van der Waals surface area contributed by atoms with Crippen LogP contribution in [0.15, 0.2) is 15.3 Å². The van der Waals surface area contributed by atoms with Gasteiger partial charge in [0.25, 0.3) is 11.5 Å². The number of nitrogens with zero attached hydrogens (tertiary/aromatic N) is 1.